The topological polar surface area (TPSA) is 20.2 Å². The van der Waals surface area contributed by atoms with Gasteiger partial charge in [-0.3, -0.25) is 0 Å². The molecule has 1 unspecified atom stereocenters. The second-order valence-electron chi connectivity index (χ2n) is 2.51. The monoisotopic (exact) mass is 224 g/mol. The molecule has 0 bridgehead atoms. The Bertz CT molecular complexity index is 284. The molecule has 1 N–H and O–H groups in total. The van der Waals surface area contributed by atoms with E-state index in [2.05, 4.69) is 21.9 Å². The normalized spacial score (nSPS) is 12.1. The van der Waals surface area contributed by atoms with Crippen molar-refractivity contribution in [2.75, 3.05) is 0 Å². The molecule has 0 heterocycles. The number of aliphatic hydroxyl groups excluding tert-OH is 1. The summed E-state index contributed by atoms with van der Waals surface area (Å²) in [4.78, 5) is 0. The number of benzene rings is 1. The van der Waals surface area contributed by atoms with Crippen molar-refractivity contribution in [2.24, 2.45) is 0 Å². The zero-order valence-electron chi connectivity index (χ0n) is 6.50. The van der Waals surface area contributed by atoms with Crippen molar-refractivity contribution in [1.29, 1.82) is 0 Å². The van der Waals surface area contributed by atoms with E-state index < -0.39 is 6.10 Å². The Morgan fingerprint density at radius 2 is 2.00 bits per heavy atom. The van der Waals surface area contributed by atoms with E-state index in [4.69, 9.17) is 11.5 Å². The third-order valence-electron chi connectivity index (χ3n) is 1.53. The van der Waals surface area contributed by atoms with Crippen LogP contribution in [0, 0.1) is 12.3 Å². The number of hydrogen-bond acceptors (Lipinski definition) is 1. The second-order valence-corrected chi connectivity index (χ2v) is 3.43. The highest BCUT2D eigenvalue weighted by atomic mass is 79.9. The van der Waals surface area contributed by atoms with Crippen molar-refractivity contribution in [2.45, 2.75) is 12.5 Å². The molecule has 62 valence electrons. The van der Waals surface area contributed by atoms with E-state index in [0.717, 1.165) is 10.0 Å². The molecule has 0 fully saturated rings. The molecule has 0 saturated carbocycles. The lowest BCUT2D eigenvalue weighted by Crippen LogP contribution is -2.06. The first kappa shape index (κ1) is 9.31. The molecule has 1 aromatic carbocycles. The first-order chi connectivity index (χ1) is 5.72. The number of rotatable bonds is 2. The van der Waals surface area contributed by atoms with E-state index in [0.29, 0.717) is 6.42 Å². The first-order valence-corrected chi connectivity index (χ1v) is 4.40. The van der Waals surface area contributed by atoms with Gasteiger partial charge in [-0.05, 0) is 17.7 Å². The van der Waals surface area contributed by atoms with Crippen molar-refractivity contribution >= 4 is 15.9 Å². The van der Waals surface area contributed by atoms with Gasteiger partial charge in [0.2, 0.25) is 0 Å². The molecule has 0 aliphatic heterocycles. The van der Waals surface area contributed by atoms with Crippen molar-refractivity contribution in [3.8, 4) is 12.3 Å². The standard InChI is InChI=1S/C10H9BrO/c1-2-10(12)7-8-3-5-9(11)6-4-8/h1,3-6,10,12H,7H2. The fraction of sp³-hybridized carbons (Fsp3) is 0.200. The number of aliphatic hydroxyl groups is 1. The predicted octanol–water partition coefficient (Wildman–Crippen LogP) is 1.99. The van der Waals surface area contributed by atoms with Gasteiger partial charge in [0.05, 0.1) is 0 Å². The Labute approximate surface area is 80.6 Å². The van der Waals surface area contributed by atoms with Crippen LogP contribution in [0.1, 0.15) is 5.56 Å². The summed E-state index contributed by atoms with van der Waals surface area (Å²) in [5.41, 5.74) is 1.05. The fourth-order valence-corrected chi connectivity index (χ4v) is 1.17. The molecule has 1 nitrogen and oxygen atoms in total. The van der Waals surface area contributed by atoms with Gasteiger partial charge >= 0.3 is 0 Å². The van der Waals surface area contributed by atoms with E-state index in [1.54, 1.807) is 0 Å². The van der Waals surface area contributed by atoms with Crippen LogP contribution in [0.15, 0.2) is 28.7 Å². The summed E-state index contributed by atoms with van der Waals surface area (Å²) < 4.78 is 1.03. The summed E-state index contributed by atoms with van der Waals surface area (Å²) in [5.74, 6) is 2.27. The first-order valence-electron chi connectivity index (χ1n) is 3.61. The maximum atomic E-state index is 9.13. The van der Waals surface area contributed by atoms with Gasteiger partial charge in [0, 0.05) is 10.9 Å². The molecule has 0 amide bonds. The van der Waals surface area contributed by atoms with Crippen LogP contribution in [-0.2, 0) is 6.42 Å². The molecular formula is C10H9BrO. The minimum atomic E-state index is -0.675. The Morgan fingerprint density at radius 3 is 2.50 bits per heavy atom. The number of hydrogen-bond donors (Lipinski definition) is 1. The highest BCUT2D eigenvalue weighted by molar-refractivity contribution is 9.10. The molecule has 0 spiro atoms. The number of terminal acetylenes is 1. The van der Waals surface area contributed by atoms with Crippen LogP contribution < -0.4 is 0 Å². The summed E-state index contributed by atoms with van der Waals surface area (Å²) in [6.07, 6.45) is 4.88. The Hall–Kier alpha value is -0.780. The minimum Gasteiger partial charge on any atom is -0.380 e. The molecule has 1 aromatic rings. The van der Waals surface area contributed by atoms with Gasteiger partial charge in [-0.25, -0.2) is 0 Å². The lowest BCUT2D eigenvalue weighted by Gasteiger charge is -2.02. The van der Waals surface area contributed by atoms with Gasteiger partial charge in [0.1, 0.15) is 6.10 Å². The van der Waals surface area contributed by atoms with Gasteiger partial charge in [0.25, 0.3) is 0 Å². The summed E-state index contributed by atoms with van der Waals surface area (Å²) in [6, 6.07) is 7.73. The highest BCUT2D eigenvalue weighted by Gasteiger charge is 1.99. The van der Waals surface area contributed by atoms with Gasteiger partial charge in [0.15, 0.2) is 0 Å². The van der Waals surface area contributed by atoms with Crippen LogP contribution in [0.5, 0.6) is 0 Å². The van der Waals surface area contributed by atoms with E-state index in [9.17, 15) is 0 Å². The molecule has 12 heavy (non-hydrogen) atoms. The summed E-state index contributed by atoms with van der Waals surface area (Å²) in [5, 5.41) is 9.13. The molecule has 0 saturated heterocycles. The average Bonchev–Trinajstić information content (AvgIpc) is 2.09. The predicted molar refractivity (Wildman–Crippen MR) is 52.7 cm³/mol. The molecule has 2 heteroatoms. The smallest absolute Gasteiger partial charge is 0.118 e. The highest BCUT2D eigenvalue weighted by Crippen LogP contribution is 2.11. The zero-order chi connectivity index (χ0) is 8.97. The van der Waals surface area contributed by atoms with E-state index >= 15 is 0 Å². The van der Waals surface area contributed by atoms with Gasteiger partial charge < -0.3 is 5.11 Å². The second kappa shape index (κ2) is 4.30. The van der Waals surface area contributed by atoms with Gasteiger partial charge in [-0.1, -0.05) is 34.0 Å². The van der Waals surface area contributed by atoms with Crippen LogP contribution in [0.4, 0.5) is 0 Å². The SMILES string of the molecule is C#CC(O)Cc1ccc(Br)cc1. The minimum absolute atomic E-state index is 0.518. The largest absolute Gasteiger partial charge is 0.380 e. The van der Waals surface area contributed by atoms with E-state index in [1.165, 1.54) is 0 Å². The van der Waals surface area contributed by atoms with Gasteiger partial charge in [-0.2, -0.15) is 0 Å². The van der Waals surface area contributed by atoms with Crippen molar-refractivity contribution in [3.63, 3.8) is 0 Å². The van der Waals surface area contributed by atoms with Crippen LogP contribution in [0.25, 0.3) is 0 Å². The maximum absolute atomic E-state index is 9.13. The third-order valence-corrected chi connectivity index (χ3v) is 2.06. The van der Waals surface area contributed by atoms with Crippen LogP contribution in [0.2, 0.25) is 0 Å². The Balaban J connectivity index is 2.66. The summed E-state index contributed by atoms with van der Waals surface area (Å²) >= 11 is 3.33. The quantitative estimate of drug-likeness (QED) is 0.763. The van der Waals surface area contributed by atoms with Crippen LogP contribution >= 0.6 is 15.9 Å². The molecular weight excluding hydrogens is 216 g/mol. The fourth-order valence-electron chi connectivity index (χ4n) is 0.903. The lowest BCUT2D eigenvalue weighted by atomic mass is 10.1. The van der Waals surface area contributed by atoms with Crippen molar-refractivity contribution in [3.05, 3.63) is 34.3 Å². The molecule has 1 atom stereocenters. The third kappa shape index (κ3) is 2.69. The van der Waals surface area contributed by atoms with Crippen LogP contribution in [-0.4, -0.2) is 11.2 Å². The Morgan fingerprint density at radius 1 is 1.42 bits per heavy atom. The molecule has 0 aliphatic rings. The van der Waals surface area contributed by atoms with Crippen LogP contribution in [0.3, 0.4) is 0 Å². The van der Waals surface area contributed by atoms with Crippen molar-refractivity contribution < 1.29 is 5.11 Å². The molecule has 0 aliphatic carbocycles. The summed E-state index contributed by atoms with van der Waals surface area (Å²) in [6.45, 7) is 0. The number of halogens is 1. The lowest BCUT2D eigenvalue weighted by molar-refractivity contribution is 0.233. The molecule has 0 aromatic heterocycles. The molecule has 0 radical (unpaired) electrons. The van der Waals surface area contributed by atoms with Crippen molar-refractivity contribution in [1.82, 2.24) is 0 Å². The Kier molecular flexibility index (Phi) is 3.33. The maximum Gasteiger partial charge on any atom is 0.118 e. The molecule has 1 rings (SSSR count). The van der Waals surface area contributed by atoms with E-state index in [1.807, 2.05) is 24.3 Å². The average molecular weight is 225 g/mol. The van der Waals surface area contributed by atoms with E-state index in [-0.39, 0.29) is 0 Å². The zero-order valence-corrected chi connectivity index (χ0v) is 8.08. The van der Waals surface area contributed by atoms with Gasteiger partial charge in [-0.15, -0.1) is 6.42 Å². The summed E-state index contributed by atoms with van der Waals surface area (Å²) in [7, 11) is 0.